The van der Waals surface area contributed by atoms with Crippen LogP contribution < -0.4 is 5.56 Å². The predicted molar refractivity (Wildman–Crippen MR) is 47.2 cm³/mol. The molecule has 6 nitrogen and oxygen atoms in total. The number of nitrogens with one attached hydrogen (secondary N) is 1. The highest BCUT2D eigenvalue weighted by atomic mass is 16.5. The van der Waals surface area contributed by atoms with Gasteiger partial charge in [-0.2, -0.15) is 5.10 Å². The molecule has 6 heteroatoms. The van der Waals surface area contributed by atoms with Gasteiger partial charge in [0.05, 0.1) is 13.3 Å². The van der Waals surface area contributed by atoms with Gasteiger partial charge in [-0.3, -0.25) is 4.79 Å². The first-order valence-corrected chi connectivity index (χ1v) is 3.87. The molecule has 0 fully saturated rings. The quantitative estimate of drug-likeness (QED) is 0.637. The minimum absolute atomic E-state index is 0.241. The molecule has 0 spiro atoms. The van der Waals surface area contributed by atoms with E-state index in [0.717, 1.165) is 0 Å². The van der Waals surface area contributed by atoms with Gasteiger partial charge in [0.15, 0.2) is 5.65 Å². The van der Waals surface area contributed by atoms with Crippen LogP contribution in [0.2, 0.25) is 0 Å². The molecule has 0 aromatic carbocycles. The molecule has 0 atom stereocenters. The molecule has 0 unspecified atom stereocenters. The molecule has 0 aliphatic heterocycles. The SMILES string of the molecule is COC(=O)c1cnn2ccc(=O)[nH]c12. The van der Waals surface area contributed by atoms with E-state index in [1.54, 1.807) is 0 Å². The smallest absolute Gasteiger partial charge is 0.343 e. The number of carbonyl (C=O) groups excluding carboxylic acids is 1. The zero-order valence-corrected chi connectivity index (χ0v) is 7.35. The first kappa shape index (κ1) is 8.49. The summed E-state index contributed by atoms with van der Waals surface area (Å²) in [6.45, 7) is 0. The van der Waals surface area contributed by atoms with Crippen LogP contribution in [0.15, 0.2) is 23.3 Å². The van der Waals surface area contributed by atoms with Crippen molar-refractivity contribution < 1.29 is 9.53 Å². The van der Waals surface area contributed by atoms with Crippen LogP contribution in [0.1, 0.15) is 10.4 Å². The maximum atomic E-state index is 11.2. The lowest BCUT2D eigenvalue weighted by atomic mass is 10.3. The number of hydrogen-bond donors (Lipinski definition) is 1. The summed E-state index contributed by atoms with van der Waals surface area (Å²) in [4.78, 5) is 24.7. The van der Waals surface area contributed by atoms with Gasteiger partial charge in [0.1, 0.15) is 5.56 Å². The van der Waals surface area contributed by atoms with Crippen LogP contribution in [0.3, 0.4) is 0 Å². The van der Waals surface area contributed by atoms with Gasteiger partial charge in [0.2, 0.25) is 0 Å². The number of fused-ring (bicyclic) bond motifs is 1. The number of H-pyrrole nitrogens is 1. The van der Waals surface area contributed by atoms with Gasteiger partial charge in [0.25, 0.3) is 5.56 Å². The number of hydrogen-bond acceptors (Lipinski definition) is 4. The Morgan fingerprint density at radius 3 is 3.14 bits per heavy atom. The van der Waals surface area contributed by atoms with E-state index in [-0.39, 0.29) is 11.1 Å². The summed E-state index contributed by atoms with van der Waals surface area (Å²) in [6, 6.07) is 1.32. The minimum Gasteiger partial charge on any atom is -0.465 e. The highest BCUT2D eigenvalue weighted by Crippen LogP contribution is 2.06. The molecular formula is C8H7N3O3. The molecule has 0 bridgehead atoms. The van der Waals surface area contributed by atoms with Gasteiger partial charge in [-0.25, -0.2) is 9.31 Å². The lowest BCUT2D eigenvalue weighted by Gasteiger charge is -1.95. The third kappa shape index (κ3) is 1.17. The van der Waals surface area contributed by atoms with E-state index in [2.05, 4.69) is 14.8 Å². The van der Waals surface area contributed by atoms with Gasteiger partial charge in [-0.15, -0.1) is 0 Å². The summed E-state index contributed by atoms with van der Waals surface area (Å²) >= 11 is 0. The Balaban J connectivity index is 2.73. The molecule has 2 aromatic rings. The van der Waals surface area contributed by atoms with Crippen LogP contribution in [-0.4, -0.2) is 27.7 Å². The minimum atomic E-state index is -0.526. The van der Waals surface area contributed by atoms with Crippen molar-refractivity contribution in [3.63, 3.8) is 0 Å². The summed E-state index contributed by atoms with van der Waals surface area (Å²) in [5.74, 6) is -0.526. The number of aromatic nitrogens is 3. The summed E-state index contributed by atoms with van der Waals surface area (Å²) in [6.07, 6.45) is 2.82. The van der Waals surface area contributed by atoms with Crippen LogP contribution in [0.4, 0.5) is 0 Å². The molecule has 2 heterocycles. The van der Waals surface area contributed by atoms with Crippen molar-refractivity contribution in [2.75, 3.05) is 7.11 Å². The molecule has 0 radical (unpaired) electrons. The van der Waals surface area contributed by atoms with Crippen molar-refractivity contribution in [1.29, 1.82) is 0 Å². The Hall–Kier alpha value is -2.11. The van der Waals surface area contributed by atoms with E-state index in [1.807, 2.05) is 0 Å². The fraction of sp³-hybridized carbons (Fsp3) is 0.125. The van der Waals surface area contributed by atoms with Crippen molar-refractivity contribution in [2.45, 2.75) is 0 Å². The molecule has 0 saturated carbocycles. The fourth-order valence-electron chi connectivity index (χ4n) is 1.16. The Morgan fingerprint density at radius 2 is 2.43 bits per heavy atom. The second-order valence-electron chi connectivity index (χ2n) is 2.65. The Kier molecular flexibility index (Phi) is 1.81. The van der Waals surface area contributed by atoms with Gasteiger partial charge < -0.3 is 9.72 Å². The number of esters is 1. The normalized spacial score (nSPS) is 10.4. The second-order valence-corrected chi connectivity index (χ2v) is 2.65. The number of rotatable bonds is 1. The summed E-state index contributed by atoms with van der Waals surface area (Å²) in [5.41, 5.74) is 0.290. The van der Waals surface area contributed by atoms with Crippen molar-refractivity contribution >= 4 is 11.6 Å². The second kappa shape index (κ2) is 2.99. The third-order valence-electron chi connectivity index (χ3n) is 1.81. The summed E-state index contributed by atoms with van der Waals surface area (Å²) in [7, 11) is 1.27. The molecule has 0 saturated heterocycles. The van der Waals surface area contributed by atoms with Gasteiger partial charge >= 0.3 is 5.97 Å². The van der Waals surface area contributed by atoms with E-state index in [0.29, 0.717) is 5.65 Å². The standard InChI is InChI=1S/C8H7N3O3/c1-14-8(13)5-4-9-11-3-2-6(12)10-7(5)11/h2-4H,1H3,(H,10,12). The molecule has 0 aliphatic carbocycles. The monoisotopic (exact) mass is 193 g/mol. The third-order valence-corrected chi connectivity index (χ3v) is 1.81. The van der Waals surface area contributed by atoms with Gasteiger partial charge in [-0.1, -0.05) is 0 Å². The van der Waals surface area contributed by atoms with Crippen molar-refractivity contribution in [2.24, 2.45) is 0 Å². The zero-order chi connectivity index (χ0) is 10.1. The van der Waals surface area contributed by atoms with E-state index in [4.69, 9.17) is 0 Å². The average Bonchev–Trinajstić information content (AvgIpc) is 2.59. The number of methoxy groups -OCH3 is 1. The first-order valence-electron chi connectivity index (χ1n) is 3.87. The lowest BCUT2D eigenvalue weighted by molar-refractivity contribution is 0.0602. The molecule has 2 aromatic heterocycles. The van der Waals surface area contributed by atoms with Crippen molar-refractivity contribution in [3.05, 3.63) is 34.4 Å². The van der Waals surface area contributed by atoms with E-state index in [1.165, 1.54) is 30.1 Å². The fourth-order valence-corrected chi connectivity index (χ4v) is 1.16. The number of nitrogens with zero attached hydrogens (tertiary/aromatic N) is 2. The molecule has 2 rings (SSSR count). The van der Waals surface area contributed by atoms with Crippen LogP contribution >= 0.6 is 0 Å². The molecule has 0 amide bonds. The first-order chi connectivity index (χ1) is 6.72. The molecule has 14 heavy (non-hydrogen) atoms. The van der Waals surface area contributed by atoms with Crippen LogP contribution in [0.5, 0.6) is 0 Å². The zero-order valence-electron chi connectivity index (χ0n) is 7.35. The molecular weight excluding hydrogens is 186 g/mol. The van der Waals surface area contributed by atoms with Crippen LogP contribution in [0, 0.1) is 0 Å². The molecule has 0 aliphatic rings. The van der Waals surface area contributed by atoms with Gasteiger partial charge in [-0.05, 0) is 0 Å². The number of aromatic amines is 1. The van der Waals surface area contributed by atoms with E-state index in [9.17, 15) is 9.59 Å². The number of ether oxygens (including phenoxy) is 1. The van der Waals surface area contributed by atoms with Gasteiger partial charge in [0, 0.05) is 12.3 Å². The number of carbonyl (C=O) groups is 1. The highest BCUT2D eigenvalue weighted by Gasteiger charge is 2.12. The molecule has 72 valence electrons. The Morgan fingerprint density at radius 1 is 1.64 bits per heavy atom. The summed E-state index contributed by atoms with van der Waals surface area (Å²) < 4.78 is 5.92. The van der Waals surface area contributed by atoms with E-state index < -0.39 is 5.97 Å². The van der Waals surface area contributed by atoms with Crippen molar-refractivity contribution in [3.8, 4) is 0 Å². The maximum Gasteiger partial charge on any atom is 0.343 e. The van der Waals surface area contributed by atoms with Crippen molar-refractivity contribution in [1.82, 2.24) is 14.6 Å². The van der Waals surface area contributed by atoms with E-state index >= 15 is 0 Å². The Labute approximate surface area is 78.1 Å². The molecule has 1 N–H and O–H groups in total. The topological polar surface area (TPSA) is 76.5 Å². The predicted octanol–water partition coefficient (Wildman–Crippen LogP) is -0.191. The Bertz CT molecular complexity index is 540. The van der Waals surface area contributed by atoms with Crippen LogP contribution in [-0.2, 0) is 4.74 Å². The van der Waals surface area contributed by atoms with Crippen LogP contribution in [0.25, 0.3) is 5.65 Å². The lowest BCUT2D eigenvalue weighted by Crippen LogP contribution is -2.09. The average molecular weight is 193 g/mol. The highest BCUT2D eigenvalue weighted by molar-refractivity contribution is 5.95. The summed E-state index contributed by atoms with van der Waals surface area (Å²) in [5, 5.41) is 3.87. The maximum absolute atomic E-state index is 11.2. The largest absolute Gasteiger partial charge is 0.465 e.